The van der Waals surface area contributed by atoms with E-state index >= 15 is 0 Å². The van der Waals surface area contributed by atoms with Gasteiger partial charge in [0.05, 0.1) is 4.88 Å². The van der Waals surface area contributed by atoms with E-state index in [9.17, 15) is 4.79 Å². The molecule has 0 atom stereocenters. The van der Waals surface area contributed by atoms with Gasteiger partial charge < -0.3 is 0 Å². The number of thiazole rings is 1. The fraction of sp³-hybridized carbons (Fsp3) is 0.231. The van der Waals surface area contributed by atoms with Crippen molar-refractivity contribution in [1.29, 1.82) is 0 Å². The van der Waals surface area contributed by atoms with Crippen molar-refractivity contribution < 1.29 is 4.79 Å². The van der Waals surface area contributed by atoms with E-state index in [1.54, 1.807) is 13.1 Å². The average Bonchev–Trinajstić information content (AvgIpc) is 2.64. The molecule has 0 saturated heterocycles. The highest BCUT2D eigenvalue weighted by molar-refractivity contribution is 7.16. The van der Waals surface area contributed by atoms with Gasteiger partial charge in [0.2, 0.25) is 0 Å². The van der Waals surface area contributed by atoms with Gasteiger partial charge in [-0.05, 0) is 26.0 Å². The lowest BCUT2D eigenvalue weighted by molar-refractivity contribution is 0.102. The molecule has 2 rings (SSSR count). The summed E-state index contributed by atoms with van der Waals surface area (Å²) in [4.78, 5) is 16.2. The zero-order valence-electron chi connectivity index (χ0n) is 9.57. The van der Waals surface area contributed by atoms with E-state index in [2.05, 4.69) is 37.0 Å². The van der Waals surface area contributed by atoms with Gasteiger partial charge in [-0.3, -0.25) is 4.79 Å². The van der Waals surface area contributed by atoms with Crippen molar-refractivity contribution >= 4 is 17.1 Å². The Morgan fingerprint density at radius 3 is 2.31 bits per heavy atom. The molecule has 1 aromatic carbocycles. The Morgan fingerprint density at radius 2 is 1.81 bits per heavy atom. The Bertz CT molecular complexity index is 522. The molecule has 1 aromatic heterocycles. The fourth-order valence-corrected chi connectivity index (χ4v) is 2.47. The zero-order chi connectivity index (χ0) is 11.7. The molecular formula is C13H13NOS. The van der Waals surface area contributed by atoms with Gasteiger partial charge in [0.25, 0.3) is 0 Å². The maximum Gasteiger partial charge on any atom is 0.171 e. The normalized spacial score (nSPS) is 10.4. The monoisotopic (exact) mass is 231 g/mol. The van der Waals surface area contributed by atoms with Crippen LogP contribution in [0.2, 0.25) is 0 Å². The molecule has 0 saturated carbocycles. The molecule has 2 nitrogen and oxygen atoms in total. The molecule has 0 spiro atoms. The molecule has 0 bridgehead atoms. The summed E-state index contributed by atoms with van der Waals surface area (Å²) in [6, 6.07) is 6.31. The van der Waals surface area contributed by atoms with Crippen molar-refractivity contribution in [3.05, 3.63) is 40.4 Å². The minimum absolute atomic E-state index is 0.0770. The predicted octanol–water partition coefficient (Wildman–Crippen LogP) is 3.63. The molecule has 0 aliphatic heterocycles. The summed E-state index contributed by atoms with van der Waals surface area (Å²) in [5.41, 5.74) is 3.53. The van der Waals surface area contributed by atoms with Gasteiger partial charge in [-0.1, -0.05) is 17.2 Å². The molecule has 16 heavy (non-hydrogen) atoms. The van der Waals surface area contributed by atoms with Crippen molar-refractivity contribution in [2.45, 2.75) is 20.8 Å². The average molecular weight is 231 g/mol. The third kappa shape index (κ3) is 2.19. The van der Waals surface area contributed by atoms with Crippen molar-refractivity contribution in [2.75, 3.05) is 0 Å². The first-order valence-electron chi connectivity index (χ1n) is 5.11. The smallest absolute Gasteiger partial charge is 0.171 e. The van der Waals surface area contributed by atoms with Crippen molar-refractivity contribution in [1.82, 2.24) is 4.98 Å². The Balaban J connectivity index is 2.46. The second kappa shape index (κ2) is 4.18. The number of carbonyl (C=O) groups is 1. The van der Waals surface area contributed by atoms with Crippen molar-refractivity contribution in [3.63, 3.8) is 0 Å². The van der Waals surface area contributed by atoms with Gasteiger partial charge in [0.1, 0.15) is 5.01 Å². The van der Waals surface area contributed by atoms with Crippen molar-refractivity contribution in [2.24, 2.45) is 0 Å². The number of carbonyl (C=O) groups excluding carboxylic acids is 1. The molecule has 0 aliphatic carbocycles. The lowest BCUT2D eigenvalue weighted by Crippen LogP contribution is -1.83. The van der Waals surface area contributed by atoms with Crippen LogP contribution < -0.4 is 0 Å². The number of nitrogens with zero attached hydrogens (tertiary/aromatic N) is 1. The lowest BCUT2D eigenvalue weighted by atomic mass is 10.1. The van der Waals surface area contributed by atoms with Crippen LogP contribution in [0.1, 0.15) is 27.7 Å². The highest BCUT2D eigenvalue weighted by Gasteiger charge is 2.08. The maximum atomic E-state index is 11.2. The first-order chi connectivity index (χ1) is 7.56. The topological polar surface area (TPSA) is 30.0 Å². The van der Waals surface area contributed by atoms with Crippen LogP contribution in [0.15, 0.2) is 24.4 Å². The summed E-state index contributed by atoms with van der Waals surface area (Å²) in [5.74, 6) is 0.0770. The minimum atomic E-state index is 0.0770. The summed E-state index contributed by atoms with van der Waals surface area (Å²) in [7, 11) is 0. The zero-order valence-corrected chi connectivity index (χ0v) is 10.4. The van der Waals surface area contributed by atoms with Crippen LogP contribution in [0.4, 0.5) is 0 Å². The SMILES string of the molecule is CC(=O)c1cnc(-c2cc(C)cc(C)c2)s1. The number of hydrogen-bond donors (Lipinski definition) is 0. The van der Waals surface area contributed by atoms with Crippen molar-refractivity contribution in [3.8, 4) is 10.6 Å². The van der Waals surface area contributed by atoms with E-state index in [1.165, 1.54) is 22.5 Å². The Morgan fingerprint density at radius 1 is 1.19 bits per heavy atom. The van der Waals surface area contributed by atoms with E-state index in [-0.39, 0.29) is 5.78 Å². The molecule has 0 aliphatic rings. The molecule has 3 heteroatoms. The summed E-state index contributed by atoms with van der Waals surface area (Å²) in [5, 5.41) is 0.914. The standard InChI is InChI=1S/C13H13NOS/c1-8-4-9(2)6-11(5-8)13-14-7-12(16-13)10(3)15/h4-7H,1-3H3. The fourth-order valence-electron chi connectivity index (χ4n) is 1.67. The Hall–Kier alpha value is -1.48. The van der Waals surface area contributed by atoms with Crippen LogP contribution >= 0.6 is 11.3 Å². The van der Waals surface area contributed by atoms with Gasteiger partial charge in [-0.2, -0.15) is 0 Å². The van der Waals surface area contributed by atoms with Crippen LogP contribution in [0.25, 0.3) is 10.6 Å². The first-order valence-corrected chi connectivity index (χ1v) is 5.93. The van der Waals surface area contributed by atoms with E-state index in [0.717, 1.165) is 10.6 Å². The highest BCUT2D eigenvalue weighted by Crippen LogP contribution is 2.27. The van der Waals surface area contributed by atoms with Crippen LogP contribution in [0.5, 0.6) is 0 Å². The molecule has 1 heterocycles. The molecule has 0 N–H and O–H groups in total. The molecule has 2 aromatic rings. The maximum absolute atomic E-state index is 11.2. The second-order valence-electron chi connectivity index (χ2n) is 3.96. The number of hydrogen-bond acceptors (Lipinski definition) is 3. The molecule has 0 unspecified atom stereocenters. The van der Waals surface area contributed by atoms with Crippen LogP contribution in [-0.4, -0.2) is 10.8 Å². The number of Topliss-reactive ketones (excluding diaryl/α,β-unsaturated/α-hetero) is 1. The van der Waals surface area contributed by atoms with Gasteiger partial charge >= 0.3 is 0 Å². The van der Waals surface area contributed by atoms with Gasteiger partial charge in [0, 0.05) is 18.7 Å². The third-order valence-electron chi connectivity index (χ3n) is 2.32. The molecule has 82 valence electrons. The van der Waals surface area contributed by atoms with Gasteiger partial charge in [-0.25, -0.2) is 4.98 Å². The molecule has 0 amide bonds. The predicted molar refractivity (Wildman–Crippen MR) is 67.0 cm³/mol. The van der Waals surface area contributed by atoms with Crippen LogP contribution in [0, 0.1) is 13.8 Å². The Labute approximate surface area is 99.0 Å². The number of aromatic nitrogens is 1. The molecule has 0 radical (unpaired) electrons. The number of ketones is 1. The van der Waals surface area contributed by atoms with Gasteiger partial charge in [0.15, 0.2) is 5.78 Å². The number of rotatable bonds is 2. The lowest BCUT2D eigenvalue weighted by Gasteiger charge is -2.00. The quantitative estimate of drug-likeness (QED) is 0.739. The van der Waals surface area contributed by atoms with E-state index in [0.29, 0.717) is 4.88 Å². The van der Waals surface area contributed by atoms with E-state index in [4.69, 9.17) is 0 Å². The van der Waals surface area contributed by atoms with E-state index < -0.39 is 0 Å². The third-order valence-corrected chi connectivity index (χ3v) is 3.47. The molecule has 0 fully saturated rings. The number of aryl methyl sites for hydroxylation is 2. The Kier molecular flexibility index (Phi) is 2.88. The van der Waals surface area contributed by atoms with Gasteiger partial charge in [-0.15, -0.1) is 11.3 Å². The number of benzene rings is 1. The summed E-state index contributed by atoms with van der Waals surface area (Å²) in [6.45, 7) is 5.70. The van der Waals surface area contributed by atoms with E-state index in [1.807, 2.05) is 0 Å². The second-order valence-corrected chi connectivity index (χ2v) is 4.99. The van der Waals surface area contributed by atoms with Crippen LogP contribution in [-0.2, 0) is 0 Å². The highest BCUT2D eigenvalue weighted by atomic mass is 32.1. The molecular weight excluding hydrogens is 218 g/mol. The first kappa shape index (κ1) is 11.0. The van der Waals surface area contributed by atoms with Crippen LogP contribution in [0.3, 0.4) is 0 Å². The summed E-state index contributed by atoms with van der Waals surface area (Å²) >= 11 is 1.45. The largest absolute Gasteiger partial charge is 0.294 e. The summed E-state index contributed by atoms with van der Waals surface area (Å²) in [6.07, 6.45) is 1.65. The summed E-state index contributed by atoms with van der Waals surface area (Å²) < 4.78 is 0. The minimum Gasteiger partial charge on any atom is -0.294 e.